The van der Waals surface area contributed by atoms with Gasteiger partial charge in [0, 0.05) is 18.7 Å². The van der Waals surface area contributed by atoms with E-state index in [0.29, 0.717) is 17.1 Å². The monoisotopic (exact) mass is 289 g/mol. The van der Waals surface area contributed by atoms with E-state index in [1.807, 2.05) is 0 Å². The van der Waals surface area contributed by atoms with Gasteiger partial charge in [-0.1, -0.05) is 0 Å². The number of carbonyl (C=O) groups is 1. The molecule has 112 valence electrons. The Bertz CT molecular complexity index is 454. The van der Waals surface area contributed by atoms with E-state index < -0.39 is 12.7 Å². The molecule has 0 aliphatic rings. The van der Waals surface area contributed by atoms with Crippen molar-refractivity contribution in [3.05, 3.63) is 23.8 Å². The van der Waals surface area contributed by atoms with Crippen molar-refractivity contribution in [2.45, 2.75) is 19.6 Å². The first-order valence-electron chi connectivity index (χ1n) is 5.93. The van der Waals surface area contributed by atoms with Crippen molar-refractivity contribution in [2.75, 3.05) is 20.8 Å². The minimum atomic E-state index is -2.84. The number of carbonyl (C=O) groups excluding carboxylic acids is 1. The number of halogens is 2. The number of hydrogen-bond donors (Lipinski definition) is 1. The normalized spacial score (nSPS) is 12.1. The van der Waals surface area contributed by atoms with Crippen LogP contribution in [-0.2, 0) is 4.74 Å². The Morgan fingerprint density at radius 1 is 1.30 bits per heavy atom. The Kier molecular flexibility index (Phi) is 6.17. The molecular weight excluding hydrogens is 272 g/mol. The van der Waals surface area contributed by atoms with Crippen molar-refractivity contribution in [2.24, 2.45) is 0 Å². The largest absolute Gasteiger partial charge is 0.497 e. The van der Waals surface area contributed by atoms with E-state index in [4.69, 9.17) is 9.47 Å². The van der Waals surface area contributed by atoms with Gasteiger partial charge < -0.3 is 19.5 Å². The number of amides is 1. The summed E-state index contributed by atoms with van der Waals surface area (Å²) in [5, 5.41) is 2.48. The molecule has 0 saturated heterocycles. The highest BCUT2D eigenvalue weighted by molar-refractivity contribution is 5.94. The number of rotatable bonds is 7. The summed E-state index contributed by atoms with van der Waals surface area (Å²) in [5.74, 6) is 0.474. The van der Waals surface area contributed by atoms with E-state index in [9.17, 15) is 13.6 Å². The van der Waals surface area contributed by atoms with Crippen LogP contribution in [0.25, 0.3) is 0 Å². The molecule has 0 fully saturated rings. The molecule has 0 spiro atoms. The van der Waals surface area contributed by atoms with Gasteiger partial charge in [0.05, 0.1) is 13.7 Å². The van der Waals surface area contributed by atoms with Crippen LogP contribution in [0.2, 0.25) is 0 Å². The lowest BCUT2D eigenvalue weighted by molar-refractivity contribution is -0.142. The number of benzene rings is 1. The zero-order valence-corrected chi connectivity index (χ0v) is 11.5. The maximum Gasteiger partial charge on any atom is 0.345 e. The summed E-state index contributed by atoms with van der Waals surface area (Å²) in [6.45, 7) is -1.52. The average Bonchev–Trinajstić information content (AvgIpc) is 2.43. The predicted octanol–water partition coefficient (Wildman–Crippen LogP) is 2.06. The first-order valence-corrected chi connectivity index (χ1v) is 5.93. The molecule has 20 heavy (non-hydrogen) atoms. The molecule has 0 aliphatic carbocycles. The van der Waals surface area contributed by atoms with Crippen LogP contribution in [0.4, 0.5) is 8.78 Å². The van der Waals surface area contributed by atoms with E-state index in [2.05, 4.69) is 10.1 Å². The maximum atomic E-state index is 11.9. The number of methoxy groups -OCH3 is 1. The second-order valence-corrected chi connectivity index (χ2v) is 4.00. The average molecular weight is 289 g/mol. The fourth-order valence-corrected chi connectivity index (χ4v) is 1.51. The van der Waals surface area contributed by atoms with Crippen molar-refractivity contribution < 1.29 is 27.8 Å². The van der Waals surface area contributed by atoms with Crippen LogP contribution >= 0.6 is 0 Å². The van der Waals surface area contributed by atoms with Crippen molar-refractivity contribution in [1.82, 2.24) is 5.32 Å². The summed E-state index contributed by atoms with van der Waals surface area (Å²) in [4.78, 5) is 11.6. The molecule has 7 heteroatoms. The molecular formula is C13H17F2NO4. The fourth-order valence-electron chi connectivity index (χ4n) is 1.51. The Hall–Kier alpha value is -1.89. The highest BCUT2D eigenvalue weighted by atomic mass is 19.3. The van der Waals surface area contributed by atoms with Gasteiger partial charge >= 0.3 is 6.61 Å². The second kappa shape index (κ2) is 7.64. The highest BCUT2D eigenvalue weighted by Gasteiger charge is 2.12. The second-order valence-electron chi connectivity index (χ2n) is 4.00. The van der Waals surface area contributed by atoms with Crippen LogP contribution in [0.15, 0.2) is 18.2 Å². The first kappa shape index (κ1) is 16.2. The SMILES string of the molecule is CNC(=O)c1cc(OC)cc(O[C@@H](C)COC(F)F)c1. The third-order valence-electron chi connectivity index (χ3n) is 2.40. The molecule has 0 bridgehead atoms. The molecule has 5 nitrogen and oxygen atoms in total. The lowest BCUT2D eigenvalue weighted by atomic mass is 10.2. The predicted molar refractivity (Wildman–Crippen MR) is 68.4 cm³/mol. The molecule has 0 aromatic heterocycles. The number of alkyl halides is 2. The molecule has 0 saturated carbocycles. The van der Waals surface area contributed by atoms with Gasteiger partial charge in [0.15, 0.2) is 0 Å². The summed E-state index contributed by atoms with van der Waals surface area (Å²) in [7, 11) is 2.96. The molecule has 0 aliphatic heterocycles. The van der Waals surface area contributed by atoms with Crippen LogP contribution in [0.5, 0.6) is 11.5 Å². The zero-order chi connectivity index (χ0) is 15.1. The minimum absolute atomic E-state index is 0.260. The molecule has 1 aromatic carbocycles. The number of nitrogens with one attached hydrogen (secondary N) is 1. The molecule has 1 rings (SSSR count). The highest BCUT2D eigenvalue weighted by Crippen LogP contribution is 2.23. The zero-order valence-electron chi connectivity index (χ0n) is 11.5. The molecule has 0 radical (unpaired) electrons. The van der Waals surface area contributed by atoms with Gasteiger partial charge in [0.25, 0.3) is 5.91 Å². The first-order chi connectivity index (χ1) is 9.46. The Labute approximate surface area is 115 Å². The number of hydrogen-bond acceptors (Lipinski definition) is 4. The number of ether oxygens (including phenoxy) is 3. The third-order valence-corrected chi connectivity index (χ3v) is 2.40. The van der Waals surface area contributed by atoms with Crippen LogP contribution in [0.3, 0.4) is 0 Å². The fraction of sp³-hybridized carbons (Fsp3) is 0.462. The van der Waals surface area contributed by atoms with Gasteiger partial charge in [-0.25, -0.2) is 0 Å². The van der Waals surface area contributed by atoms with Crippen LogP contribution in [-0.4, -0.2) is 39.4 Å². The van der Waals surface area contributed by atoms with Gasteiger partial charge in [0.1, 0.15) is 17.6 Å². The maximum absolute atomic E-state index is 11.9. The van der Waals surface area contributed by atoms with E-state index >= 15 is 0 Å². The van der Waals surface area contributed by atoms with Gasteiger partial charge in [-0.15, -0.1) is 0 Å². The van der Waals surface area contributed by atoms with Gasteiger partial charge in [-0.05, 0) is 19.1 Å². The summed E-state index contributed by atoms with van der Waals surface area (Å²) < 4.78 is 38.5. The molecule has 1 N–H and O–H groups in total. The van der Waals surface area contributed by atoms with E-state index in [1.165, 1.54) is 20.2 Å². The minimum Gasteiger partial charge on any atom is -0.497 e. The summed E-state index contributed by atoms with van der Waals surface area (Å²) in [6.07, 6.45) is -0.589. The molecule has 1 atom stereocenters. The van der Waals surface area contributed by atoms with E-state index in [1.54, 1.807) is 19.1 Å². The summed E-state index contributed by atoms with van der Waals surface area (Å²) >= 11 is 0. The van der Waals surface area contributed by atoms with Crippen LogP contribution in [0.1, 0.15) is 17.3 Å². The van der Waals surface area contributed by atoms with E-state index in [-0.39, 0.29) is 12.5 Å². The van der Waals surface area contributed by atoms with Crippen LogP contribution < -0.4 is 14.8 Å². The van der Waals surface area contributed by atoms with Crippen molar-refractivity contribution in [1.29, 1.82) is 0 Å². The molecule has 0 unspecified atom stereocenters. The Morgan fingerprint density at radius 3 is 2.50 bits per heavy atom. The van der Waals surface area contributed by atoms with E-state index in [0.717, 1.165) is 0 Å². The van der Waals surface area contributed by atoms with Gasteiger partial charge in [-0.3, -0.25) is 4.79 Å². The molecule has 1 aromatic rings. The summed E-state index contributed by atoms with van der Waals surface area (Å²) in [5.41, 5.74) is 0.351. The lowest BCUT2D eigenvalue weighted by Gasteiger charge is -2.16. The quantitative estimate of drug-likeness (QED) is 0.835. The lowest BCUT2D eigenvalue weighted by Crippen LogP contribution is -2.21. The topological polar surface area (TPSA) is 56.8 Å². The van der Waals surface area contributed by atoms with Crippen molar-refractivity contribution in [3.63, 3.8) is 0 Å². The van der Waals surface area contributed by atoms with Crippen molar-refractivity contribution >= 4 is 5.91 Å². The molecule has 0 heterocycles. The summed E-state index contributed by atoms with van der Waals surface area (Å²) in [6, 6.07) is 4.61. The van der Waals surface area contributed by atoms with Gasteiger partial charge in [0.2, 0.25) is 0 Å². The third kappa shape index (κ3) is 5.00. The van der Waals surface area contributed by atoms with Gasteiger partial charge in [-0.2, -0.15) is 8.78 Å². The van der Waals surface area contributed by atoms with Crippen LogP contribution in [0, 0.1) is 0 Å². The standard InChI is InChI=1S/C13H17F2NO4/c1-8(7-19-13(14)15)20-11-5-9(12(17)16-2)4-10(6-11)18-3/h4-6,8,13H,7H2,1-3H3,(H,16,17)/t8-/m0/s1. The smallest absolute Gasteiger partial charge is 0.345 e. The van der Waals surface area contributed by atoms with Crippen molar-refractivity contribution in [3.8, 4) is 11.5 Å². The Morgan fingerprint density at radius 2 is 1.95 bits per heavy atom. The molecule has 1 amide bonds. The Balaban J connectivity index is 2.80.